The fourth-order valence-electron chi connectivity index (χ4n) is 1.05. The average Bonchev–Trinajstić information content (AvgIpc) is 2.71. The maximum atomic E-state index is 4.10. The van der Waals surface area contributed by atoms with Crippen molar-refractivity contribution < 1.29 is 0 Å². The van der Waals surface area contributed by atoms with Gasteiger partial charge in [0.15, 0.2) is 0 Å². The van der Waals surface area contributed by atoms with Crippen molar-refractivity contribution in [2.75, 3.05) is 17.7 Å². The summed E-state index contributed by atoms with van der Waals surface area (Å²) in [6, 6.07) is 3.86. The van der Waals surface area contributed by atoms with Crippen molar-refractivity contribution in [2.24, 2.45) is 0 Å². The lowest BCUT2D eigenvalue weighted by Gasteiger charge is -2.03. The zero-order chi connectivity index (χ0) is 9.80. The number of thiophene rings is 1. The molecule has 0 saturated carbocycles. The number of anilines is 3. The first-order valence-electron chi connectivity index (χ1n) is 4.17. The maximum Gasteiger partial charge on any atom is 0.135 e. The van der Waals surface area contributed by atoms with Crippen LogP contribution in [-0.4, -0.2) is 17.0 Å². The van der Waals surface area contributed by atoms with Crippen LogP contribution in [0, 0.1) is 0 Å². The topological polar surface area (TPSA) is 49.8 Å². The predicted octanol–water partition coefficient (Wildman–Crippen LogP) is 2.32. The van der Waals surface area contributed by atoms with E-state index in [1.165, 1.54) is 6.33 Å². The number of nitrogens with one attached hydrogen (secondary N) is 2. The zero-order valence-corrected chi connectivity index (χ0v) is 8.51. The molecule has 0 spiro atoms. The van der Waals surface area contributed by atoms with E-state index in [4.69, 9.17) is 0 Å². The van der Waals surface area contributed by atoms with E-state index >= 15 is 0 Å². The highest BCUT2D eigenvalue weighted by Crippen LogP contribution is 2.18. The molecule has 2 rings (SSSR count). The van der Waals surface area contributed by atoms with Crippen molar-refractivity contribution in [3.8, 4) is 0 Å². The summed E-state index contributed by atoms with van der Waals surface area (Å²) in [5, 5.41) is 10.2. The Morgan fingerprint density at radius 1 is 1.29 bits per heavy atom. The van der Waals surface area contributed by atoms with E-state index in [0.717, 1.165) is 17.3 Å². The van der Waals surface area contributed by atoms with E-state index in [2.05, 4.69) is 20.6 Å². The molecule has 5 heteroatoms. The Morgan fingerprint density at radius 3 is 2.86 bits per heavy atom. The van der Waals surface area contributed by atoms with Crippen molar-refractivity contribution in [2.45, 2.75) is 0 Å². The molecule has 0 unspecified atom stereocenters. The number of hydrogen-bond donors (Lipinski definition) is 2. The van der Waals surface area contributed by atoms with E-state index in [0.29, 0.717) is 0 Å². The summed E-state index contributed by atoms with van der Waals surface area (Å²) in [6.07, 6.45) is 1.53. The molecule has 72 valence electrons. The van der Waals surface area contributed by atoms with Gasteiger partial charge in [0, 0.05) is 18.5 Å². The highest BCUT2D eigenvalue weighted by Gasteiger charge is 1.97. The monoisotopic (exact) mass is 206 g/mol. The van der Waals surface area contributed by atoms with Gasteiger partial charge in [-0.15, -0.1) is 0 Å². The van der Waals surface area contributed by atoms with Gasteiger partial charge in [-0.3, -0.25) is 0 Å². The molecule has 0 saturated heterocycles. The Bertz CT molecular complexity index is 399. The number of nitrogens with zero attached hydrogens (tertiary/aromatic N) is 2. The molecule has 0 bridgehead atoms. The number of rotatable bonds is 3. The molecule has 2 N–H and O–H groups in total. The van der Waals surface area contributed by atoms with Crippen molar-refractivity contribution in [1.82, 2.24) is 9.97 Å². The molecule has 0 amide bonds. The SMILES string of the molecule is CNc1cc(Nc2ccsc2)ncn1. The third-order valence-corrected chi connectivity index (χ3v) is 2.40. The van der Waals surface area contributed by atoms with Crippen molar-refractivity contribution in [3.05, 3.63) is 29.2 Å². The van der Waals surface area contributed by atoms with Gasteiger partial charge < -0.3 is 10.6 Å². The molecular formula is C9H10N4S. The molecule has 0 aliphatic carbocycles. The van der Waals surface area contributed by atoms with Gasteiger partial charge in [0.25, 0.3) is 0 Å². The van der Waals surface area contributed by atoms with E-state index in [9.17, 15) is 0 Å². The van der Waals surface area contributed by atoms with Gasteiger partial charge in [0.2, 0.25) is 0 Å². The van der Waals surface area contributed by atoms with Crippen molar-refractivity contribution in [1.29, 1.82) is 0 Å². The molecule has 4 nitrogen and oxygen atoms in total. The summed E-state index contributed by atoms with van der Waals surface area (Å²) in [4.78, 5) is 8.13. The van der Waals surface area contributed by atoms with E-state index in [-0.39, 0.29) is 0 Å². The van der Waals surface area contributed by atoms with Gasteiger partial charge in [-0.05, 0) is 11.4 Å². The largest absolute Gasteiger partial charge is 0.373 e. The van der Waals surface area contributed by atoms with Gasteiger partial charge in [0.05, 0.1) is 5.69 Å². The van der Waals surface area contributed by atoms with Gasteiger partial charge in [0.1, 0.15) is 18.0 Å². The molecule has 0 aliphatic rings. The van der Waals surface area contributed by atoms with Crippen LogP contribution < -0.4 is 10.6 Å². The normalized spacial score (nSPS) is 9.79. The van der Waals surface area contributed by atoms with E-state index in [1.54, 1.807) is 11.3 Å². The molecule has 0 aromatic carbocycles. The van der Waals surface area contributed by atoms with Crippen LogP contribution in [0.2, 0.25) is 0 Å². The second-order valence-corrected chi connectivity index (χ2v) is 3.46. The summed E-state index contributed by atoms with van der Waals surface area (Å²) in [5.74, 6) is 1.60. The lowest BCUT2D eigenvalue weighted by Crippen LogP contribution is -1.96. The van der Waals surface area contributed by atoms with Crippen LogP contribution in [0.5, 0.6) is 0 Å². The Labute approximate surface area is 86.0 Å². The van der Waals surface area contributed by atoms with Gasteiger partial charge >= 0.3 is 0 Å². The van der Waals surface area contributed by atoms with E-state index < -0.39 is 0 Å². The van der Waals surface area contributed by atoms with Crippen molar-refractivity contribution >= 4 is 28.7 Å². The summed E-state index contributed by atoms with van der Waals surface area (Å²) < 4.78 is 0. The Kier molecular flexibility index (Phi) is 2.60. The smallest absolute Gasteiger partial charge is 0.135 e. The first-order valence-corrected chi connectivity index (χ1v) is 5.12. The molecule has 14 heavy (non-hydrogen) atoms. The summed E-state index contributed by atoms with van der Waals surface area (Å²) in [6.45, 7) is 0. The Balaban J connectivity index is 2.17. The van der Waals surface area contributed by atoms with Crippen molar-refractivity contribution in [3.63, 3.8) is 0 Å². The van der Waals surface area contributed by atoms with Gasteiger partial charge in [-0.25, -0.2) is 9.97 Å². The summed E-state index contributed by atoms with van der Waals surface area (Å²) in [5.41, 5.74) is 1.05. The average molecular weight is 206 g/mol. The number of hydrogen-bond acceptors (Lipinski definition) is 5. The van der Waals surface area contributed by atoms with Crippen LogP contribution in [0.1, 0.15) is 0 Å². The highest BCUT2D eigenvalue weighted by molar-refractivity contribution is 7.08. The minimum atomic E-state index is 0.794. The molecule has 2 heterocycles. The lowest BCUT2D eigenvalue weighted by molar-refractivity contribution is 1.16. The third-order valence-electron chi connectivity index (χ3n) is 1.72. The molecule has 0 atom stereocenters. The molecule has 0 aliphatic heterocycles. The van der Waals surface area contributed by atoms with Crippen LogP contribution in [0.15, 0.2) is 29.2 Å². The molecule has 0 fully saturated rings. The maximum absolute atomic E-state index is 4.10. The third kappa shape index (κ3) is 2.00. The van der Waals surface area contributed by atoms with E-state index in [1.807, 2.05) is 29.9 Å². The standard InChI is InChI=1S/C9H10N4S/c1-10-8-4-9(12-6-11-8)13-7-2-3-14-5-7/h2-6H,1H3,(H2,10,11,12,13). The Hall–Kier alpha value is -1.62. The van der Waals surface area contributed by atoms with Crippen LogP contribution in [0.25, 0.3) is 0 Å². The summed E-state index contributed by atoms with van der Waals surface area (Å²) in [7, 11) is 1.83. The lowest BCUT2D eigenvalue weighted by atomic mass is 10.4. The molecule has 2 aromatic rings. The summed E-state index contributed by atoms with van der Waals surface area (Å²) >= 11 is 1.65. The highest BCUT2D eigenvalue weighted by atomic mass is 32.1. The first-order chi connectivity index (χ1) is 6.88. The van der Waals surface area contributed by atoms with Crippen LogP contribution in [0.4, 0.5) is 17.3 Å². The number of aromatic nitrogens is 2. The van der Waals surface area contributed by atoms with Gasteiger partial charge in [-0.2, -0.15) is 11.3 Å². The predicted molar refractivity (Wildman–Crippen MR) is 59.2 cm³/mol. The molecule has 0 radical (unpaired) electrons. The Morgan fingerprint density at radius 2 is 2.14 bits per heavy atom. The molecular weight excluding hydrogens is 196 g/mol. The molecule has 2 aromatic heterocycles. The van der Waals surface area contributed by atoms with Crippen LogP contribution >= 0.6 is 11.3 Å². The second kappa shape index (κ2) is 4.06. The fraction of sp³-hybridized carbons (Fsp3) is 0.111. The van der Waals surface area contributed by atoms with Gasteiger partial charge in [-0.1, -0.05) is 0 Å². The van der Waals surface area contributed by atoms with Crippen LogP contribution in [-0.2, 0) is 0 Å². The van der Waals surface area contributed by atoms with Crippen LogP contribution in [0.3, 0.4) is 0 Å². The quantitative estimate of drug-likeness (QED) is 0.809. The second-order valence-electron chi connectivity index (χ2n) is 2.68. The minimum Gasteiger partial charge on any atom is -0.373 e. The zero-order valence-electron chi connectivity index (χ0n) is 7.69. The fourth-order valence-corrected chi connectivity index (χ4v) is 1.63. The first kappa shape index (κ1) is 8.96. The minimum absolute atomic E-state index is 0.794.